The summed E-state index contributed by atoms with van der Waals surface area (Å²) in [6.45, 7) is 0. The third-order valence-electron chi connectivity index (χ3n) is 3.75. The van der Waals surface area contributed by atoms with Gasteiger partial charge in [-0.1, -0.05) is 6.08 Å². The molecular weight excluding hydrogens is 176 g/mol. The summed E-state index contributed by atoms with van der Waals surface area (Å²) in [6, 6.07) is 0. The van der Waals surface area contributed by atoms with Crippen LogP contribution in [0.5, 0.6) is 0 Å². The molecule has 0 heterocycles. The summed E-state index contributed by atoms with van der Waals surface area (Å²) < 4.78 is 5.36. The minimum Gasteiger partial charge on any atom is -0.381 e. The van der Waals surface area contributed by atoms with Crippen molar-refractivity contribution in [3.05, 3.63) is 12.2 Å². The van der Waals surface area contributed by atoms with Gasteiger partial charge in [0.1, 0.15) is 0 Å². The molecule has 1 spiro atoms. The largest absolute Gasteiger partial charge is 0.381 e. The lowest BCUT2D eigenvalue weighted by Crippen LogP contribution is -2.31. The van der Waals surface area contributed by atoms with E-state index in [1.54, 1.807) is 13.2 Å². The van der Waals surface area contributed by atoms with E-state index in [0.717, 1.165) is 25.7 Å². The second kappa shape index (κ2) is 3.85. The Bertz CT molecular complexity index is 247. The molecule has 2 aliphatic rings. The van der Waals surface area contributed by atoms with Crippen LogP contribution in [0.25, 0.3) is 0 Å². The van der Waals surface area contributed by atoms with Gasteiger partial charge in [-0.25, -0.2) is 0 Å². The Hall–Kier alpha value is -0.630. The minimum absolute atomic E-state index is 0.296. The molecule has 14 heavy (non-hydrogen) atoms. The van der Waals surface area contributed by atoms with Gasteiger partial charge in [0.25, 0.3) is 0 Å². The fourth-order valence-corrected chi connectivity index (χ4v) is 2.63. The molecular formula is C12H18O2. The van der Waals surface area contributed by atoms with Crippen molar-refractivity contribution in [2.75, 3.05) is 7.11 Å². The van der Waals surface area contributed by atoms with Gasteiger partial charge in [-0.05, 0) is 43.6 Å². The van der Waals surface area contributed by atoms with Gasteiger partial charge in [0, 0.05) is 13.5 Å². The number of rotatable bonds is 1. The van der Waals surface area contributed by atoms with Crippen molar-refractivity contribution < 1.29 is 9.53 Å². The van der Waals surface area contributed by atoms with E-state index in [1.165, 1.54) is 12.8 Å². The number of ether oxygens (including phenoxy) is 1. The lowest BCUT2D eigenvalue weighted by molar-refractivity contribution is -0.115. The number of ketones is 1. The van der Waals surface area contributed by atoms with Crippen LogP contribution in [0.15, 0.2) is 12.2 Å². The van der Waals surface area contributed by atoms with Crippen LogP contribution in [0.4, 0.5) is 0 Å². The lowest BCUT2D eigenvalue weighted by atomic mass is 9.68. The fraction of sp³-hybridized carbons (Fsp3) is 0.750. The molecule has 2 nitrogen and oxygen atoms in total. The highest BCUT2D eigenvalue weighted by Crippen LogP contribution is 2.43. The van der Waals surface area contributed by atoms with Crippen molar-refractivity contribution in [3.8, 4) is 0 Å². The second-order valence-electron chi connectivity index (χ2n) is 4.60. The Labute approximate surface area is 85.3 Å². The first kappa shape index (κ1) is 9.91. The molecule has 0 saturated heterocycles. The van der Waals surface area contributed by atoms with Crippen molar-refractivity contribution in [3.63, 3.8) is 0 Å². The first-order valence-electron chi connectivity index (χ1n) is 5.49. The molecule has 0 N–H and O–H groups in total. The first-order chi connectivity index (χ1) is 6.74. The third-order valence-corrected chi connectivity index (χ3v) is 3.75. The Morgan fingerprint density at radius 3 is 2.57 bits per heavy atom. The number of carbonyl (C=O) groups is 1. The average molecular weight is 194 g/mol. The van der Waals surface area contributed by atoms with Gasteiger partial charge < -0.3 is 4.74 Å². The van der Waals surface area contributed by atoms with E-state index in [2.05, 4.69) is 6.08 Å². The Balaban J connectivity index is 1.99. The third kappa shape index (κ3) is 1.90. The number of hydrogen-bond donors (Lipinski definition) is 0. The monoisotopic (exact) mass is 194 g/mol. The zero-order valence-corrected chi connectivity index (χ0v) is 8.79. The predicted octanol–water partition coefficient (Wildman–Crippen LogP) is 2.48. The number of hydrogen-bond acceptors (Lipinski definition) is 2. The smallest absolute Gasteiger partial charge is 0.155 e. The van der Waals surface area contributed by atoms with Crippen LogP contribution in [-0.4, -0.2) is 19.0 Å². The van der Waals surface area contributed by atoms with Crippen molar-refractivity contribution in [1.82, 2.24) is 0 Å². The van der Waals surface area contributed by atoms with Gasteiger partial charge in [0.05, 0.1) is 6.10 Å². The summed E-state index contributed by atoms with van der Waals surface area (Å²) in [5, 5.41) is 0. The van der Waals surface area contributed by atoms with Crippen LogP contribution in [-0.2, 0) is 9.53 Å². The molecule has 1 saturated carbocycles. The SMILES string of the molecule is COC1CCC2(C=CC(=O)CC2)CC1. The Kier molecular flexibility index (Phi) is 2.73. The van der Waals surface area contributed by atoms with Crippen molar-refractivity contribution in [2.24, 2.45) is 5.41 Å². The second-order valence-corrected chi connectivity index (χ2v) is 4.60. The molecule has 1 fully saturated rings. The molecule has 0 aromatic rings. The lowest BCUT2D eigenvalue weighted by Gasteiger charge is -2.39. The number of methoxy groups -OCH3 is 1. The molecule has 0 aromatic carbocycles. The van der Waals surface area contributed by atoms with Crippen LogP contribution < -0.4 is 0 Å². The quantitative estimate of drug-likeness (QED) is 0.641. The van der Waals surface area contributed by atoms with Crippen LogP contribution >= 0.6 is 0 Å². The van der Waals surface area contributed by atoms with Crippen molar-refractivity contribution in [1.29, 1.82) is 0 Å². The summed E-state index contributed by atoms with van der Waals surface area (Å²) in [4.78, 5) is 11.1. The maximum atomic E-state index is 11.1. The molecule has 0 unspecified atom stereocenters. The topological polar surface area (TPSA) is 26.3 Å². The maximum absolute atomic E-state index is 11.1. The molecule has 2 heteroatoms. The van der Waals surface area contributed by atoms with E-state index in [9.17, 15) is 4.79 Å². The molecule has 0 amide bonds. The van der Waals surface area contributed by atoms with E-state index in [0.29, 0.717) is 17.3 Å². The van der Waals surface area contributed by atoms with Gasteiger partial charge in [0.2, 0.25) is 0 Å². The summed E-state index contributed by atoms with van der Waals surface area (Å²) in [7, 11) is 1.79. The maximum Gasteiger partial charge on any atom is 0.155 e. The Morgan fingerprint density at radius 1 is 1.36 bits per heavy atom. The van der Waals surface area contributed by atoms with Crippen LogP contribution in [0.3, 0.4) is 0 Å². The molecule has 78 valence electrons. The first-order valence-corrected chi connectivity index (χ1v) is 5.49. The fourth-order valence-electron chi connectivity index (χ4n) is 2.63. The summed E-state index contributed by atoms with van der Waals surface area (Å²) >= 11 is 0. The highest BCUT2D eigenvalue weighted by atomic mass is 16.5. The van der Waals surface area contributed by atoms with Crippen molar-refractivity contribution >= 4 is 5.78 Å². The predicted molar refractivity (Wildman–Crippen MR) is 55.1 cm³/mol. The molecule has 0 bridgehead atoms. The molecule has 0 aromatic heterocycles. The normalized spacial score (nSPS) is 37.8. The zero-order chi connectivity index (χ0) is 10.0. The molecule has 2 rings (SSSR count). The van der Waals surface area contributed by atoms with E-state index in [4.69, 9.17) is 4.74 Å². The molecule has 0 radical (unpaired) electrons. The van der Waals surface area contributed by atoms with Gasteiger partial charge in [-0.3, -0.25) is 4.79 Å². The summed E-state index contributed by atoms with van der Waals surface area (Å²) in [6.07, 6.45) is 10.9. The Morgan fingerprint density at radius 2 is 2.07 bits per heavy atom. The highest BCUT2D eigenvalue weighted by molar-refractivity contribution is 5.90. The number of allylic oxidation sites excluding steroid dienone is 2. The van der Waals surface area contributed by atoms with Crippen LogP contribution in [0, 0.1) is 5.41 Å². The highest BCUT2D eigenvalue weighted by Gasteiger charge is 2.35. The van der Waals surface area contributed by atoms with Crippen LogP contribution in [0.1, 0.15) is 38.5 Å². The van der Waals surface area contributed by atoms with E-state index in [1.807, 2.05) is 0 Å². The minimum atomic E-state index is 0.296. The van der Waals surface area contributed by atoms with Gasteiger partial charge in [-0.15, -0.1) is 0 Å². The average Bonchev–Trinajstić information content (AvgIpc) is 2.24. The zero-order valence-electron chi connectivity index (χ0n) is 8.79. The van der Waals surface area contributed by atoms with E-state index < -0.39 is 0 Å². The van der Waals surface area contributed by atoms with Crippen LogP contribution in [0.2, 0.25) is 0 Å². The summed E-state index contributed by atoms with van der Waals surface area (Å²) in [5.41, 5.74) is 0.336. The number of carbonyl (C=O) groups excluding carboxylic acids is 1. The van der Waals surface area contributed by atoms with Gasteiger partial charge >= 0.3 is 0 Å². The standard InChI is InChI=1S/C12H18O2/c1-14-11-4-8-12(9-5-11)6-2-10(13)3-7-12/h2,6,11H,3-5,7-9H2,1H3. The summed E-state index contributed by atoms with van der Waals surface area (Å²) in [5.74, 6) is 0.296. The molecule has 0 aliphatic heterocycles. The van der Waals surface area contributed by atoms with E-state index >= 15 is 0 Å². The molecule has 0 atom stereocenters. The van der Waals surface area contributed by atoms with Gasteiger partial charge in [0.15, 0.2) is 5.78 Å². The molecule has 2 aliphatic carbocycles. The van der Waals surface area contributed by atoms with Gasteiger partial charge in [-0.2, -0.15) is 0 Å². The van der Waals surface area contributed by atoms with E-state index in [-0.39, 0.29) is 0 Å². The van der Waals surface area contributed by atoms with Crippen molar-refractivity contribution in [2.45, 2.75) is 44.6 Å².